The van der Waals surface area contributed by atoms with Crippen LogP contribution in [0.15, 0.2) is 48.5 Å². The quantitative estimate of drug-likeness (QED) is 0.868. The first-order valence-corrected chi connectivity index (χ1v) is 8.89. The van der Waals surface area contributed by atoms with Crippen LogP contribution in [0.1, 0.15) is 47.3 Å². The molecule has 5 heteroatoms. The second-order valence-corrected chi connectivity index (χ2v) is 6.55. The highest BCUT2D eigenvalue weighted by molar-refractivity contribution is 5.94. The third kappa shape index (κ3) is 4.04. The standard InChI is InChI=1S/C21H24N2O3/c1-15(18-6-3-4-7-19(18)26-2)22-21(25)17-11-9-16(10-12-17)14-23-13-5-8-20(23)24/h3-4,6-7,9-12,15H,5,8,13-14H2,1-2H3,(H,22,25)/t15-/m0/s1. The van der Waals surface area contributed by atoms with Gasteiger partial charge in [-0.1, -0.05) is 30.3 Å². The molecule has 5 nitrogen and oxygen atoms in total. The lowest BCUT2D eigenvalue weighted by atomic mass is 10.1. The smallest absolute Gasteiger partial charge is 0.251 e. The van der Waals surface area contributed by atoms with Gasteiger partial charge < -0.3 is 15.0 Å². The average molecular weight is 352 g/mol. The number of amides is 2. The predicted octanol–water partition coefficient (Wildman–Crippen LogP) is 3.31. The Balaban J connectivity index is 1.63. The van der Waals surface area contributed by atoms with E-state index in [9.17, 15) is 9.59 Å². The number of likely N-dealkylation sites (tertiary alicyclic amines) is 1. The lowest BCUT2D eigenvalue weighted by Crippen LogP contribution is -2.27. The molecule has 2 aromatic carbocycles. The normalized spacial score (nSPS) is 15.0. The molecule has 26 heavy (non-hydrogen) atoms. The summed E-state index contributed by atoms with van der Waals surface area (Å²) in [6.45, 7) is 3.36. The largest absolute Gasteiger partial charge is 0.496 e. The first-order valence-electron chi connectivity index (χ1n) is 8.89. The second-order valence-electron chi connectivity index (χ2n) is 6.55. The molecule has 0 unspecified atom stereocenters. The van der Waals surface area contributed by atoms with E-state index in [4.69, 9.17) is 4.74 Å². The van der Waals surface area contributed by atoms with E-state index in [0.29, 0.717) is 18.5 Å². The van der Waals surface area contributed by atoms with Crippen molar-refractivity contribution in [3.63, 3.8) is 0 Å². The third-order valence-electron chi connectivity index (χ3n) is 4.71. The maximum Gasteiger partial charge on any atom is 0.251 e. The fourth-order valence-electron chi connectivity index (χ4n) is 3.23. The number of rotatable bonds is 6. The molecule has 1 heterocycles. The van der Waals surface area contributed by atoms with Crippen LogP contribution in [0.3, 0.4) is 0 Å². The summed E-state index contributed by atoms with van der Waals surface area (Å²) in [6, 6.07) is 14.9. The number of benzene rings is 2. The van der Waals surface area contributed by atoms with E-state index in [0.717, 1.165) is 29.8 Å². The number of carbonyl (C=O) groups is 2. The molecule has 1 aliphatic rings. The fourth-order valence-corrected chi connectivity index (χ4v) is 3.23. The van der Waals surface area contributed by atoms with E-state index in [1.54, 1.807) is 19.2 Å². The Morgan fingerprint density at radius 3 is 2.58 bits per heavy atom. The van der Waals surface area contributed by atoms with Gasteiger partial charge >= 0.3 is 0 Å². The van der Waals surface area contributed by atoms with Crippen LogP contribution in [0.5, 0.6) is 5.75 Å². The summed E-state index contributed by atoms with van der Waals surface area (Å²) in [5, 5.41) is 3.00. The Kier molecular flexibility index (Phi) is 5.56. The Morgan fingerprint density at radius 1 is 1.19 bits per heavy atom. The molecule has 1 fully saturated rings. The Morgan fingerprint density at radius 2 is 1.92 bits per heavy atom. The van der Waals surface area contributed by atoms with E-state index in [2.05, 4.69) is 5.32 Å². The van der Waals surface area contributed by atoms with E-state index in [1.165, 1.54) is 0 Å². The average Bonchev–Trinajstić information content (AvgIpc) is 3.06. The minimum absolute atomic E-state index is 0.132. The zero-order valence-electron chi connectivity index (χ0n) is 15.2. The van der Waals surface area contributed by atoms with Crippen LogP contribution >= 0.6 is 0 Å². The zero-order chi connectivity index (χ0) is 18.5. The molecule has 2 aromatic rings. The molecule has 136 valence electrons. The van der Waals surface area contributed by atoms with Crippen molar-refractivity contribution in [3.05, 3.63) is 65.2 Å². The van der Waals surface area contributed by atoms with Crippen molar-refractivity contribution in [2.75, 3.05) is 13.7 Å². The van der Waals surface area contributed by atoms with E-state index >= 15 is 0 Å². The van der Waals surface area contributed by atoms with Crippen molar-refractivity contribution in [3.8, 4) is 5.75 Å². The Labute approximate surface area is 154 Å². The van der Waals surface area contributed by atoms with Crippen LogP contribution in [0.2, 0.25) is 0 Å². The van der Waals surface area contributed by atoms with Crippen molar-refractivity contribution in [1.29, 1.82) is 0 Å². The number of nitrogens with one attached hydrogen (secondary N) is 1. The van der Waals surface area contributed by atoms with Gasteiger partial charge in [-0.15, -0.1) is 0 Å². The van der Waals surface area contributed by atoms with Crippen molar-refractivity contribution >= 4 is 11.8 Å². The highest BCUT2D eigenvalue weighted by Gasteiger charge is 2.20. The second kappa shape index (κ2) is 8.04. The zero-order valence-corrected chi connectivity index (χ0v) is 15.2. The van der Waals surface area contributed by atoms with Gasteiger partial charge in [-0.25, -0.2) is 0 Å². The molecule has 0 radical (unpaired) electrons. The molecule has 1 saturated heterocycles. The minimum atomic E-state index is -0.166. The van der Waals surface area contributed by atoms with E-state index in [1.807, 2.05) is 48.2 Å². The van der Waals surface area contributed by atoms with Gasteiger partial charge in [0.25, 0.3) is 5.91 Å². The first-order chi connectivity index (χ1) is 12.6. The summed E-state index contributed by atoms with van der Waals surface area (Å²) in [5.41, 5.74) is 2.57. The molecule has 0 bridgehead atoms. The number of nitrogens with zero attached hydrogens (tertiary/aromatic N) is 1. The third-order valence-corrected chi connectivity index (χ3v) is 4.71. The summed E-state index contributed by atoms with van der Waals surface area (Å²) in [6.07, 6.45) is 1.57. The summed E-state index contributed by atoms with van der Waals surface area (Å²) >= 11 is 0. The lowest BCUT2D eigenvalue weighted by Gasteiger charge is -2.18. The summed E-state index contributed by atoms with van der Waals surface area (Å²) in [4.78, 5) is 26.1. The number of methoxy groups -OCH3 is 1. The van der Waals surface area contributed by atoms with Crippen molar-refractivity contribution in [2.24, 2.45) is 0 Å². The fraction of sp³-hybridized carbons (Fsp3) is 0.333. The summed E-state index contributed by atoms with van der Waals surface area (Å²) < 4.78 is 5.36. The number of hydrogen-bond acceptors (Lipinski definition) is 3. The van der Waals surface area contributed by atoms with E-state index in [-0.39, 0.29) is 17.9 Å². The van der Waals surface area contributed by atoms with Crippen LogP contribution in [0.4, 0.5) is 0 Å². The highest BCUT2D eigenvalue weighted by Crippen LogP contribution is 2.24. The molecule has 0 aliphatic carbocycles. The highest BCUT2D eigenvalue weighted by atomic mass is 16.5. The van der Waals surface area contributed by atoms with Crippen LogP contribution < -0.4 is 10.1 Å². The number of ether oxygens (including phenoxy) is 1. The Hall–Kier alpha value is -2.82. The van der Waals surface area contributed by atoms with Crippen LogP contribution in [-0.2, 0) is 11.3 Å². The molecule has 0 spiro atoms. The van der Waals surface area contributed by atoms with Crippen LogP contribution in [0.25, 0.3) is 0 Å². The minimum Gasteiger partial charge on any atom is -0.496 e. The summed E-state index contributed by atoms with van der Waals surface area (Å²) in [7, 11) is 1.62. The molecule has 1 N–H and O–H groups in total. The Bertz CT molecular complexity index is 786. The molecule has 2 amide bonds. The molecule has 1 atom stereocenters. The molecule has 1 aliphatic heterocycles. The van der Waals surface area contributed by atoms with Gasteiger partial charge in [-0.2, -0.15) is 0 Å². The van der Waals surface area contributed by atoms with Gasteiger partial charge in [0.2, 0.25) is 5.91 Å². The van der Waals surface area contributed by atoms with Crippen molar-refractivity contribution in [2.45, 2.75) is 32.4 Å². The van der Waals surface area contributed by atoms with Gasteiger partial charge in [0.05, 0.1) is 13.2 Å². The predicted molar refractivity (Wildman–Crippen MR) is 100.0 cm³/mol. The molecular formula is C21H24N2O3. The van der Waals surface area contributed by atoms with Gasteiger partial charge in [0, 0.05) is 30.6 Å². The monoisotopic (exact) mass is 352 g/mol. The molecule has 0 saturated carbocycles. The van der Waals surface area contributed by atoms with Crippen molar-refractivity contribution < 1.29 is 14.3 Å². The van der Waals surface area contributed by atoms with E-state index < -0.39 is 0 Å². The molecule has 0 aromatic heterocycles. The number of hydrogen-bond donors (Lipinski definition) is 1. The van der Waals surface area contributed by atoms with Crippen molar-refractivity contribution in [1.82, 2.24) is 10.2 Å². The molecule has 3 rings (SSSR count). The summed E-state index contributed by atoms with van der Waals surface area (Å²) in [5.74, 6) is 0.829. The van der Waals surface area contributed by atoms with Gasteiger partial charge in [0.15, 0.2) is 0 Å². The van der Waals surface area contributed by atoms with Crippen LogP contribution in [-0.4, -0.2) is 30.4 Å². The number of para-hydroxylation sites is 1. The number of carbonyl (C=O) groups excluding carboxylic acids is 2. The van der Waals surface area contributed by atoms with Gasteiger partial charge in [-0.3, -0.25) is 9.59 Å². The lowest BCUT2D eigenvalue weighted by molar-refractivity contribution is -0.128. The SMILES string of the molecule is COc1ccccc1[C@H](C)NC(=O)c1ccc(CN2CCCC2=O)cc1. The molecular weight excluding hydrogens is 328 g/mol. The van der Waals surface area contributed by atoms with Gasteiger partial charge in [0.1, 0.15) is 5.75 Å². The van der Waals surface area contributed by atoms with Crippen LogP contribution in [0, 0.1) is 0 Å². The maximum absolute atomic E-state index is 12.5. The first kappa shape index (κ1) is 18.0. The topological polar surface area (TPSA) is 58.6 Å². The maximum atomic E-state index is 12.5. The van der Waals surface area contributed by atoms with Gasteiger partial charge in [-0.05, 0) is 37.1 Å².